The molecule has 0 radical (unpaired) electrons. The van der Waals surface area contributed by atoms with Crippen molar-refractivity contribution in [3.8, 4) is 11.5 Å². The Balaban J connectivity index is 1.63. The van der Waals surface area contributed by atoms with Gasteiger partial charge in [-0.2, -0.15) is 5.10 Å². The fraction of sp³-hybridized carbons (Fsp3) is 0.182. The number of amides is 1. The van der Waals surface area contributed by atoms with Gasteiger partial charge < -0.3 is 14.8 Å². The summed E-state index contributed by atoms with van der Waals surface area (Å²) in [6, 6.07) is 17.3. The highest BCUT2D eigenvalue weighted by Gasteiger charge is 2.18. The number of carbonyl (C=O) groups excluding carboxylic acids is 1. The molecule has 4 rings (SSSR count). The third-order valence-corrected chi connectivity index (χ3v) is 5.81. The van der Waals surface area contributed by atoms with Crippen molar-refractivity contribution in [2.24, 2.45) is 0 Å². The van der Waals surface area contributed by atoms with Gasteiger partial charge in [-0.1, -0.05) is 30.3 Å². The first-order valence-corrected chi connectivity index (χ1v) is 9.95. The zero-order chi connectivity index (χ0) is 20.4. The lowest BCUT2D eigenvalue weighted by molar-refractivity contribution is 0.103. The molecular formula is C22H21N3O3S. The number of anilines is 1. The Hall–Kier alpha value is -3.32. The normalized spacial score (nSPS) is 10.9. The Morgan fingerprint density at radius 2 is 1.90 bits per heavy atom. The van der Waals surface area contributed by atoms with E-state index in [2.05, 4.69) is 22.5 Å². The van der Waals surface area contributed by atoms with Gasteiger partial charge in [0.25, 0.3) is 5.91 Å². The van der Waals surface area contributed by atoms with E-state index in [1.54, 1.807) is 32.4 Å². The number of rotatable bonds is 6. The average molecular weight is 407 g/mol. The quantitative estimate of drug-likeness (QED) is 0.502. The van der Waals surface area contributed by atoms with Crippen molar-refractivity contribution < 1.29 is 14.3 Å². The molecule has 6 nitrogen and oxygen atoms in total. The second-order valence-electron chi connectivity index (χ2n) is 6.58. The molecule has 29 heavy (non-hydrogen) atoms. The fourth-order valence-corrected chi connectivity index (χ4v) is 4.24. The lowest BCUT2D eigenvalue weighted by Crippen LogP contribution is -2.11. The Kier molecular flexibility index (Phi) is 5.22. The van der Waals surface area contributed by atoms with Crippen LogP contribution in [0.25, 0.3) is 10.2 Å². The van der Waals surface area contributed by atoms with Crippen LogP contribution in [0.5, 0.6) is 11.5 Å². The van der Waals surface area contributed by atoms with Gasteiger partial charge in [0.1, 0.15) is 16.3 Å². The summed E-state index contributed by atoms with van der Waals surface area (Å²) in [5.41, 5.74) is 2.64. The molecule has 2 aromatic heterocycles. The van der Waals surface area contributed by atoms with E-state index in [0.29, 0.717) is 28.6 Å². The van der Waals surface area contributed by atoms with Crippen LogP contribution in [-0.2, 0) is 6.54 Å². The van der Waals surface area contributed by atoms with Gasteiger partial charge in [0.05, 0.1) is 37.0 Å². The van der Waals surface area contributed by atoms with Gasteiger partial charge >= 0.3 is 0 Å². The van der Waals surface area contributed by atoms with Crippen molar-refractivity contribution in [1.29, 1.82) is 0 Å². The summed E-state index contributed by atoms with van der Waals surface area (Å²) < 4.78 is 12.6. The molecule has 7 heteroatoms. The number of benzene rings is 2. The maximum atomic E-state index is 12.9. The molecule has 0 saturated heterocycles. The van der Waals surface area contributed by atoms with E-state index in [4.69, 9.17) is 9.47 Å². The lowest BCUT2D eigenvalue weighted by Gasteiger charge is -2.11. The molecule has 1 N–H and O–H groups in total. The minimum Gasteiger partial charge on any atom is -0.497 e. The first-order valence-electron chi connectivity index (χ1n) is 9.13. The van der Waals surface area contributed by atoms with Crippen LogP contribution in [0, 0.1) is 6.92 Å². The topological polar surface area (TPSA) is 65.4 Å². The third-order valence-electron chi connectivity index (χ3n) is 4.66. The van der Waals surface area contributed by atoms with Crippen LogP contribution in [0.4, 0.5) is 5.69 Å². The molecule has 0 fully saturated rings. The number of thiophene rings is 1. The molecule has 2 aromatic carbocycles. The standard InChI is InChI=1S/C22H21N3O3S/c1-14-17-12-20(21(26)23-18-11-16(27-2)9-10-19(18)28-3)29-22(17)25(24-14)13-15-7-5-4-6-8-15/h4-12H,13H2,1-3H3,(H,23,26). The highest BCUT2D eigenvalue weighted by Crippen LogP contribution is 2.32. The van der Waals surface area contributed by atoms with Crippen LogP contribution >= 0.6 is 11.3 Å². The van der Waals surface area contributed by atoms with Crippen LogP contribution in [-0.4, -0.2) is 29.9 Å². The fourth-order valence-electron chi connectivity index (χ4n) is 3.18. The van der Waals surface area contributed by atoms with Gasteiger partial charge in [0.15, 0.2) is 0 Å². The number of methoxy groups -OCH3 is 2. The monoisotopic (exact) mass is 407 g/mol. The van der Waals surface area contributed by atoms with E-state index in [9.17, 15) is 4.79 Å². The summed E-state index contributed by atoms with van der Waals surface area (Å²) in [6.07, 6.45) is 0. The minimum atomic E-state index is -0.191. The molecule has 1 amide bonds. The largest absolute Gasteiger partial charge is 0.497 e. The number of hydrogen-bond donors (Lipinski definition) is 1. The first-order chi connectivity index (χ1) is 14.1. The smallest absolute Gasteiger partial charge is 0.265 e. The van der Waals surface area contributed by atoms with E-state index >= 15 is 0 Å². The van der Waals surface area contributed by atoms with E-state index < -0.39 is 0 Å². The van der Waals surface area contributed by atoms with Gasteiger partial charge in [0.2, 0.25) is 0 Å². The summed E-state index contributed by atoms with van der Waals surface area (Å²) in [6.45, 7) is 2.62. The molecule has 0 atom stereocenters. The van der Waals surface area contributed by atoms with E-state index in [-0.39, 0.29) is 5.91 Å². The summed E-state index contributed by atoms with van der Waals surface area (Å²) in [4.78, 5) is 14.5. The molecule has 0 aliphatic heterocycles. The summed E-state index contributed by atoms with van der Waals surface area (Å²) in [5.74, 6) is 1.03. The van der Waals surface area contributed by atoms with Crippen molar-refractivity contribution >= 4 is 33.1 Å². The van der Waals surface area contributed by atoms with Crippen LogP contribution in [0.2, 0.25) is 0 Å². The third kappa shape index (κ3) is 3.82. The number of aromatic nitrogens is 2. The van der Waals surface area contributed by atoms with Crippen LogP contribution in [0.15, 0.2) is 54.6 Å². The highest BCUT2D eigenvalue weighted by molar-refractivity contribution is 7.20. The van der Waals surface area contributed by atoms with Crippen LogP contribution in [0.3, 0.4) is 0 Å². The summed E-state index contributed by atoms with van der Waals surface area (Å²) in [7, 11) is 3.15. The van der Waals surface area contributed by atoms with Gasteiger partial charge in [-0.3, -0.25) is 9.48 Å². The van der Waals surface area contributed by atoms with Crippen molar-refractivity contribution in [3.63, 3.8) is 0 Å². The zero-order valence-corrected chi connectivity index (χ0v) is 17.2. The second kappa shape index (κ2) is 7.97. The van der Waals surface area contributed by atoms with Crippen LogP contribution in [0.1, 0.15) is 20.9 Å². The van der Waals surface area contributed by atoms with Crippen molar-refractivity contribution in [1.82, 2.24) is 9.78 Å². The number of fused-ring (bicyclic) bond motifs is 1. The number of hydrogen-bond acceptors (Lipinski definition) is 5. The highest BCUT2D eigenvalue weighted by atomic mass is 32.1. The molecular weight excluding hydrogens is 386 g/mol. The van der Waals surface area contributed by atoms with Crippen molar-refractivity contribution in [3.05, 3.63) is 70.7 Å². The molecule has 0 bridgehead atoms. The number of nitrogens with zero attached hydrogens (tertiary/aromatic N) is 2. The molecule has 4 aromatic rings. The predicted molar refractivity (Wildman–Crippen MR) is 115 cm³/mol. The maximum absolute atomic E-state index is 12.9. The Morgan fingerprint density at radius 3 is 2.62 bits per heavy atom. The van der Waals surface area contributed by atoms with Crippen LogP contribution < -0.4 is 14.8 Å². The molecule has 0 unspecified atom stereocenters. The Labute approximate surface area is 172 Å². The lowest BCUT2D eigenvalue weighted by atomic mass is 10.2. The molecule has 0 aliphatic rings. The molecule has 0 saturated carbocycles. The average Bonchev–Trinajstić information content (AvgIpc) is 3.30. The SMILES string of the molecule is COc1ccc(OC)c(NC(=O)c2cc3c(C)nn(Cc4ccccc4)c3s2)c1. The van der Waals surface area contributed by atoms with Gasteiger partial charge in [0, 0.05) is 11.5 Å². The Morgan fingerprint density at radius 1 is 1.10 bits per heavy atom. The van der Waals surface area contributed by atoms with Crippen molar-refractivity contribution in [2.45, 2.75) is 13.5 Å². The Bertz CT molecular complexity index is 1160. The van der Waals surface area contributed by atoms with Crippen molar-refractivity contribution in [2.75, 3.05) is 19.5 Å². The maximum Gasteiger partial charge on any atom is 0.265 e. The number of nitrogens with one attached hydrogen (secondary N) is 1. The van der Waals surface area contributed by atoms with E-state index in [1.807, 2.05) is 35.9 Å². The zero-order valence-electron chi connectivity index (χ0n) is 16.4. The first kappa shape index (κ1) is 19.0. The minimum absolute atomic E-state index is 0.191. The molecule has 0 aliphatic carbocycles. The van der Waals surface area contributed by atoms with Gasteiger partial charge in [-0.05, 0) is 30.7 Å². The van der Waals surface area contributed by atoms with E-state index in [1.165, 1.54) is 11.3 Å². The van der Waals surface area contributed by atoms with Gasteiger partial charge in [-0.15, -0.1) is 11.3 Å². The molecule has 148 valence electrons. The molecule has 0 spiro atoms. The van der Waals surface area contributed by atoms with E-state index in [0.717, 1.165) is 21.5 Å². The number of ether oxygens (including phenoxy) is 2. The summed E-state index contributed by atoms with van der Waals surface area (Å²) in [5, 5.41) is 8.56. The van der Waals surface area contributed by atoms with Gasteiger partial charge in [-0.25, -0.2) is 0 Å². The number of carbonyl (C=O) groups is 1. The summed E-state index contributed by atoms with van der Waals surface area (Å²) >= 11 is 1.43. The predicted octanol–water partition coefficient (Wildman–Crippen LogP) is 4.72. The second-order valence-corrected chi connectivity index (χ2v) is 7.61. The number of aryl methyl sites for hydroxylation is 1. The molecule has 2 heterocycles.